The summed E-state index contributed by atoms with van der Waals surface area (Å²) in [6.45, 7) is 3.17. The highest BCUT2D eigenvalue weighted by atomic mass is 35.5. The fraction of sp³-hybridized carbons (Fsp3) is 0.350. The maximum absolute atomic E-state index is 13.0. The van der Waals surface area contributed by atoms with Gasteiger partial charge in [0.2, 0.25) is 5.82 Å². The summed E-state index contributed by atoms with van der Waals surface area (Å²) >= 11 is 12.5. The van der Waals surface area contributed by atoms with Gasteiger partial charge in [0.25, 0.3) is 5.91 Å². The van der Waals surface area contributed by atoms with Crippen molar-refractivity contribution in [3.8, 4) is 0 Å². The molecule has 0 aliphatic carbocycles. The van der Waals surface area contributed by atoms with E-state index in [2.05, 4.69) is 19.9 Å². The quantitative estimate of drug-likeness (QED) is 0.684. The molecule has 2 aliphatic rings. The van der Waals surface area contributed by atoms with Crippen LogP contribution in [-0.2, 0) is 13.0 Å². The molecule has 4 heterocycles. The lowest BCUT2D eigenvalue weighted by molar-refractivity contribution is 0.0722. The molecular weight excluding hydrogens is 397 g/mol. The van der Waals surface area contributed by atoms with Gasteiger partial charge < -0.3 is 14.8 Å². The molecule has 6 nitrogen and oxygen atoms in total. The van der Waals surface area contributed by atoms with Crippen LogP contribution < -0.4 is 4.90 Å². The second kappa shape index (κ2) is 6.94. The lowest BCUT2D eigenvalue weighted by Crippen LogP contribution is -2.36. The molecule has 1 amide bonds. The Balaban J connectivity index is 1.39. The lowest BCUT2D eigenvalue weighted by Gasteiger charge is -2.26. The minimum absolute atomic E-state index is 0.145. The fourth-order valence-corrected chi connectivity index (χ4v) is 4.48. The number of aromatic amines is 1. The maximum atomic E-state index is 13.0. The molecule has 0 spiro atoms. The first-order chi connectivity index (χ1) is 13.6. The van der Waals surface area contributed by atoms with E-state index in [-0.39, 0.29) is 11.7 Å². The Morgan fingerprint density at radius 2 is 1.82 bits per heavy atom. The second-order valence-electron chi connectivity index (χ2n) is 7.30. The molecule has 1 fully saturated rings. The standard InChI is InChI=1S/C20H19Cl2N5O/c21-15-4-3-13-14-11-27(8-5-16(14)25-18(13)17(15)22)20(28)19-23-9-12(10-24-19)26-6-1-2-7-26/h3-4,9-10,25H,1-2,5-8,11H2. The van der Waals surface area contributed by atoms with Crippen LogP contribution in [0.4, 0.5) is 5.69 Å². The average Bonchev–Trinajstić information content (AvgIpc) is 3.38. The van der Waals surface area contributed by atoms with E-state index in [9.17, 15) is 4.79 Å². The Bertz CT molecular complexity index is 1060. The van der Waals surface area contributed by atoms with E-state index in [1.54, 1.807) is 23.4 Å². The summed E-state index contributed by atoms with van der Waals surface area (Å²) in [5, 5.41) is 2.05. The van der Waals surface area contributed by atoms with Crippen LogP contribution in [0.15, 0.2) is 24.5 Å². The first-order valence-corrected chi connectivity index (χ1v) is 10.2. The first kappa shape index (κ1) is 17.8. The molecule has 1 saturated heterocycles. The zero-order valence-electron chi connectivity index (χ0n) is 15.2. The smallest absolute Gasteiger partial charge is 0.291 e. The monoisotopic (exact) mass is 415 g/mol. The molecule has 2 aromatic heterocycles. The molecule has 28 heavy (non-hydrogen) atoms. The summed E-state index contributed by atoms with van der Waals surface area (Å²) < 4.78 is 0. The van der Waals surface area contributed by atoms with Crippen molar-refractivity contribution in [2.24, 2.45) is 0 Å². The van der Waals surface area contributed by atoms with E-state index in [4.69, 9.17) is 23.2 Å². The van der Waals surface area contributed by atoms with E-state index < -0.39 is 0 Å². The number of fused-ring (bicyclic) bond motifs is 3. The van der Waals surface area contributed by atoms with Crippen LogP contribution in [0, 0.1) is 0 Å². The lowest BCUT2D eigenvalue weighted by atomic mass is 10.0. The molecule has 0 bridgehead atoms. The van der Waals surface area contributed by atoms with Gasteiger partial charge in [-0.05, 0) is 18.9 Å². The minimum Gasteiger partial charge on any atom is -0.369 e. The number of anilines is 1. The minimum atomic E-state index is -0.145. The van der Waals surface area contributed by atoms with E-state index in [1.807, 2.05) is 6.07 Å². The SMILES string of the molecule is O=C(c1ncc(N2CCCC2)cn1)N1CCc2[nH]c3c(Cl)c(Cl)ccc3c2C1. The molecule has 2 aliphatic heterocycles. The number of nitrogens with one attached hydrogen (secondary N) is 1. The Morgan fingerprint density at radius 1 is 1.07 bits per heavy atom. The van der Waals surface area contributed by atoms with Crippen molar-refractivity contribution in [3.63, 3.8) is 0 Å². The van der Waals surface area contributed by atoms with Crippen LogP contribution in [-0.4, -0.2) is 45.4 Å². The number of hydrogen-bond acceptors (Lipinski definition) is 4. The second-order valence-corrected chi connectivity index (χ2v) is 8.09. The summed E-state index contributed by atoms with van der Waals surface area (Å²) in [7, 11) is 0. The van der Waals surface area contributed by atoms with Crippen molar-refractivity contribution >= 4 is 45.7 Å². The Labute approximate surface area is 172 Å². The summed E-state index contributed by atoms with van der Waals surface area (Å²) in [4.78, 5) is 29.0. The molecule has 8 heteroatoms. The van der Waals surface area contributed by atoms with Crippen molar-refractivity contribution in [1.82, 2.24) is 19.9 Å². The fourth-order valence-electron chi connectivity index (χ4n) is 4.11. The van der Waals surface area contributed by atoms with Crippen molar-refractivity contribution < 1.29 is 4.79 Å². The topological polar surface area (TPSA) is 65.1 Å². The number of H-pyrrole nitrogens is 1. The Morgan fingerprint density at radius 3 is 2.57 bits per heavy atom. The third kappa shape index (κ3) is 2.91. The molecule has 3 aromatic rings. The number of aromatic nitrogens is 3. The number of hydrogen-bond donors (Lipinski definition) is 1. The summed E-state index contributed by atoms with van der Waals surface area (Å²) in [5.74, 6) is 0.0975. The van der Waals surface area contributed by atoms with Gasteiger partial charge in [0.1, 0.15) is 0 Å². The summed E-state index contributed by atoms with van der Waals surface area (Å²) in [6, 6.07) is 3.75. The van der Waals surface area contributed by atoms with Gasteiger partial charge in [-0.2, -0.15) is 0 Å². The van der Waals surface area contributed by atoms with Gasteiger partial charge in [-0.3, -0.25) is 4.79 Å². The van der Waals surface area contributed by atoms with Gasteiger partial charge in [0, 0.05) is 49.2 Å². The first-order valence-electron chi connectivity index (χ1n) is 9.45. The number of carbonyl (C=O) groups is 1. The number of rotatable bonds is 2. The molecule has 0 atom stereocenters. The predicted molar refractivity (Wildman–Crippen MR) is 110 cm³/mol. The Kier molecular flexibility index (Phi) is 4.40. The van der Waals surface area contributed by atoms with Crippen LogP contribution in [0.25, 0.3) is 10.9 Å². The van der Waals surface area contributed by atoms with Gasteiger partial charge >= 0.3 is 0 Å². The van der Waals surface area contributed by atoms with Crippen LogP contribution in [0.3, 0.4) is 0 Å². The van der Waals surface area contributed by atoms with Gasteiger partial charge in [0.15, 0.2) is 0 Å². The van der Waals surface area contributed by atoms with Crippen molar-refractivity contribution in [2.45, 2.75) is 25.8 Å². The molecule has 144 valence electrons. The Hall–Kier alpha value is -2.31. The molecule has 1 aromatic carbocycles. The third-order valence-electron chi connectivity index (χ3n) is 5.63. The molecule has 0 unspecified atom stereocenters. The normalized spacial score (nSPS) is 16.6. The molecule has 0 radical (unpaired) electrons. The summed E-state index contributed by atoms with van der Waals surface area (Å²) in [6.07, 6.45) is 6.63. The number of amides is 1. The average molecular weight is 416 g/mol. The van der Waals surface area contributed by atoms with Crippen molar-refractivity contribution in [1.29, 1.82) is 0 Å². The van der Waals surface area contributed by atoms with Gasteiger partial charge in [-0.1, -0.05) is 29.3 Å². The number of nitrogens with zero attached hydrogens (tertiary/aromatic N) is 4. The number of halogens is 2. The van der Waals surface area contributed by atoms with Gasteiger partial charge in [0.05, 0.1) is 33.6 Å². The van der Waals surface area contributed by atoms with Crippen LogP contribution in [0.2, 0.25) is 10.0 Å². The number of benzene rings is 1. The predicted octanol–water partition coefficient (Wildman–Crippen LogP) is 4.06. The highest BCUT2D eigenvalue weighted by Gasteiger charge is 2.27. The van der Waals surface area contributed by atoms with Crippen LogP contribution in [0.5, 0.6) is 0 Å². The number of carbonyl (C=O) groups excluding carboxylic acids is 1. The zero-order chi connectivity index (χ0) is 19.3. The van der Waals surface area contributed by atoms with E-state index in [1.165, 1.54) is 12.8 Å². The zero-order valence-corrected chi connectivity index (χ0v) is 16.7. The summed E-state index contributed by atoms with van der Waals surface area (Å²) in [5.41, 5.74) is 4.01. The van der Waals surface area contributed by atoms with E-state index in [0.29, 0.717) is 23.1 Å². The maximum Gasteiger partial charge on any atom is 0.291 e. The molecule has 5 rings (SSSR count). The largest absolute Gasteiger partial charge is 0.369 e. The van der Waals surface area contributed by atoms with Crippen molar-refractivity contribution in [2.75, 3.05) is 24.5 Å². The molecule has 0 saturated carbocycles. The van der Waals surface area contributed by atoms with Crippen LogP contribution in [0.1, 0.15) is 34.7 Å². The van der Waals surface area contributed by atoms with Gasteiger partial charge in [-0.25, -0.2) is 9.97 Å². The molecule has 1 N–H and O–H groups in total. The van der Waals surface area contributed by atoms with E-state index in [0.717, 1.165) is 47.4 Å². The van der Waals surface area contributed by atoms with E-state index >= 15 is 0 Å². The third-order valence-corrected chi connectivity index (χ3v) is 6.43. The van der Waals surface area contributed by atoms with Crippen LogP contribution >= 0.6 is 23.2 Å². The highest BCUT2D eigenvalue weighted by Crippen LogP contribution is 2.35. The molecular formula is C20H19Cl2N5O. The highest BCUT2D eigenvalue weighted by molar-refractivity contribution is 6.45. The van der Waals surface area contributed by atoms with Crippen molar-refractivity contribution in [3.05, 3.63) is 51.7 Å². The van der Waals surface area contributed by atoms with Gasteiger partial charge in [-0.15, -0.1) is 0 Å².